The topological polar surface area (TPSA) is 67.1 Å². The molecule has 0 bridgehead atoms. The zero-order valence-corrected chi connectivity index (χ0v) is 16.2. The van der Waals surface area contributed by atoms with Crippen LogP contribution in [0, 0.1) is 29.8 Å². The molecule has 0 radical (unpaired) electrons. The highest BCUT2D eigenvalue weighted by atomic mass is 19.2. The van der Waals surface area contributed by atoms with Crippen LogP contribution in [0.3, 0.4) is 0 Å². The van der Waals surface area contributed by atoms with Gasteiger partial charge in [0.1, 0.15) is 11.6 Å². The van der Waals surface area contributed by atoms with Crippen LogP contribution < -0.4 is 16.4 Å². The number of nitrogens with two attached hydrogens (primary N) is 1. The van der Waals surface area contributed by atoms with Crippen molar-refractivity contribution in [2.75, 3.05) is 12.4 Å². The van der Waals surface area contributed by atoms with Gasteiger partial charge in [-0.25, -0.2) is 17.6 Å². The molecule has 4 nitrogen and oxygen atoms in total. The van der Waals surface area contributed by atoms with E-state index < -0.39 is 40.4 Å². The molecule has 0 atom stereocenters. The number of hydrogen-bond acceptors (Lipinski definition) is 3. The summed E-state index contributed by atoms with van der Waals surface area (Å²) < 4.78 is 57.8. The minimum absolute atomic E-state index is 0.0645. The number of carbonyl (C=O) groups is 1. The average Bonchev–Trinajstić information content (AvgIpc) is 2.71. The number of allylic oxidation sites excluding steroid dienone is 3. The molecule has 0 aromatic heterocycles. The second-order valence-electron chi connectivity index (χ2n) is 6.19. The molecule has 2 rings (SSSR count). The lowest BCUT2D eigenvalue weighted by atomic mass is 9.99. The van der Waals surface area contributed by atoms with Gasteiger partial charge in [-0.3, -0.25) is 4.79 Å². The normalized spacial score (nSPS) is 11.8. The zero-order valence-electron chi connectivity index (χ0n) is 16.2. The standard InChI is InChI=1S/C22H19F4N3O/c1-4-12-6-7-18(16(23)8-12)29-21-15(22(27)30)10-14(19(25)20(21)26)9-13(5-2)17(24)11-28-3/h1,5-8,10-11,28-29H,9H2,2-3H3,(H2,27,30)/b13-5-,17-11+. The summed E-state index contributed by atoms with van der Waals surface area (Å²) >= 11 is 0. The molecule has 2 aromatic rings. The van der Waals surface area contributed by atoms with Gasteiger partial charge in [-0.1, -0.05) is 12.0 Å². The lowest BCUT2D eigenvalue weighted by Gasteiger charge is -2.16. The molecular formula is C22H19F4N3O. The van der Waals surface area contributed by atoms with Gasteiger partial charge < -0.3 is 16.4 Å². The van der Waals surface area contributed by atoms with E-state index in [1.54, 1.807) is 0 Å². The number of hydrogen-bond donors (Lipinski definition) is 3. The number of carbonyl (C=O) groups excluding carboxylic acids is 1. The smallest absolute Gasteiger partial charge is 0.250 e. The van der Waals surface area contributed by atoms with Crippen LogP contribution >= 0.6 is 0 Å². The lowest BCUT2D eigenvalue weighted by molar-refractivity contribution is 0.100. The molecule has 0 saturated heterocycles. The molecule has 156 valence electrons. The summed E-state index contributed by atoms with van der Waals surface area (Å²) in [6.07, 6.45) is 7.29. The van der Waals surface area contributed by atoms with Crippen molar-refractivity contribution in [3.05, 3.63) is 82.1 Å². The largest absolute Gasteiger partial charge is 0.392 e. The molecular weight excluding hydrogens is 398 g/mol. The Hall–Kier alpha value is -3.73. The first-order valence-electron chi connectivity index (χ1n) is 8.75. The first kappa shape index (κ1) is 22.6. The van der Waals surface area contributed by atoms with Crippen molar-refractivity contribution in [3.8, 4) is 12.3 Å². The van der Waals surface area contributed by atoms with Crippen molar-refractivity contribution in [2.24, 2.45) is 5.73 Å². The number of rotatable bonds is 7. The molecule has 4 N–H and O–H groups in total. The minimum atomic E-state index is -1.45. The van der Waals surface area contributed by atoms with Gasteiger partial charge in [0.25, 0.3) is 5.91 Å². The molecule has 0 unspecified atom stereocenters. The molecule has 0 aliphatic heterocycles. The van der Waals surface area contributed by atoms with Crippen LogP contribution in [0.4, 0.5) is 28.9 Å². The Labute approximate surface area is 171 Å². The quantitative estimate of drug-likeness (QED) is 0.354. The van der Waals surface area contributed by atoms with Crippen molar-refractivity contribution in [1.82, 2.24) is 5.32 Å². The van der Waals surface area contributed by atoms with E-state index in [4.69, 9.17) is 12.2 Å². The van der Waals surface area contributed by atoms with Gasteiger partial charge in [-0.2, -0.15) is 0 Å². The molecule has 0 aliphatic rings. The fraction of sp³-hybridized carbons (Fsp3) is 0.136. The van der Waals surface area contributed by atoms with Crippen LogP contribution in [-0.4, -0.2) is 13.0 Å². The van der Waals surface area contributed by atoms with Gasteiger partial charge in [0.15, 0.2) is 11.6 Å². The minimum Gasteiger partial charge on any atom is -0.392 e. The Morgan fingerprint density at radius 3 is 2.47 bits per heavy atom. The summed E-state index contributed by atoms with van der Waals surface area (Å²) in [6.45, 7) is 1.53. The number of primary amides is 1. The van der Waals surface area contributed by atoms with E-state index in [9.17, 15) is 22.4 Å². The van der Waals surface area contributed by atoms with E-state index in [-0.39, 0.29) is 28.8 Å². The molecule has 0 spiro atoms. The second-order valence-corrected chi connectivity index (χ2v) is 6.19. The lowest BCUT2D eigenvalue weighted by Crippen LogP contribution is -2.17. The van der Waals surface area contributed by atoms with Crippen molar-refractivity contribution in [3.63, 3.8) is 0 Å². The van der Waals surface area contributed by atoms with E-state index in [0.29, 0.717) is 0 Å². The molecule has 0 saturated carbocycles. The molecule has 30 heavy (non-hydrogen) atoms. The van der Waals surface area contributed by atoms with E-state index in [1.807, 2.05) is 0 Å². The van der Waals surface area contributed by atoms with Crippen molar-refractivity contribution >= 4 is 17.3 Å². The summed E-state index contributed by atoms with van der Waals surface area (Å²) in [4.78, 5) is 11.9. The number of anilines is 2. The van der Waals surface area contributed by atoms with Crippen LogP contribution in [0.25, 0.3) is 0 Å². The maximum Gasteiger partial charge on any atom is 0.250 e. The summed E-state index contributed by atoms with van der Waals surface area (Å²) in [5.74, 6) is -3.12. The number of amides is 1. The van der Waals surface area contributed by atoms with Crippen LogP contribution in [0.15, 0.2) is 47.9 Å². The second kappa shape index (κ2) is 9.65. The molecule has 0 aliphatic carbocycles. The molecule has 1 amide bonds. The first-order chi connectivity index (χ1) is 14.2. The summed E-state index contributed by atoms with van der Waals surface area (Å²) in [5, 5.41) is 4.85. The monoisotopic (exact) mass is 417 g/mol. The van der Waals surface area contributed by atoms with Crippen LogP contribution in [0.1, 0.15) is 28.4 Å². The predicted molar refractivity (Wildman–Crippen MR) is 108 cm³/mol. The van der Waals surface area contributed by atoms with Gasteiger partial charge in [0, 0.05) is 25.2 Å². The van der Waals surface area contributed by atoms with Gasteiger partial charge >= 0.3 is 0 Å². The van der Waals surface area contributed by atoms with Crippen molar-refractivity contribution in [1.29, 1.82) is 0 Å². The summed E-state index contributed by atoms with van der Waals surface area (Å²) in [7, 11) is 1.48. The van der Waals surface area contributed by atoms with Crippen molar-refractivity contribution in [2.45, 2.75) is 13.3 Å². The van der Waals surface area contributed by atoms with Crippen LogP contribution in [0.5, 0.6) is 0 Å². The SMILES string of the molecule is C#Cc1ccc(Nc2c(C(N)=O)cc(CC(=C/C)/C(F)=C\NC)c(F)c2F)c(F)c1. The van der Waals surface area contributed by atoms with Gasteiger partial charge in [-0.05, 0) is 42.3 Å². The number of halogens is 4. The van der Waals surface area contributed by atoms with Crippen LogP contribution in [0.2, 0.25) is 0 Å². The van der Waals surface area contributed by atoms with E-state index >= 15 is 0 Å². The highest BCUT2D eigenvalue weighted by molar-refractivity contribution is 5.99. The van der Waals surface area contributed by atoms with Gasteiger partial charge in [0.05, 0.1) is 16.9 Å². The predicted octanol–water partition coefficient (Wildman–Crippen LogP) is 4.45. The Kier molecular flexibility index (Phi) is 7.26. The van der Waals surface area contributed by atoms with E-state index in [2.05, 4.69) is 16.6 Å². The third-order valence-electron chi connectivity index (χ3n) is 4.25. The third kappa shape index (κ3) is 4.81. The fourth-order valence-electron chi connectivity index (χ4n) is 2.71. The van der Waals surface area contributed by atoms with Crippen molar-refractivity contribution < 1.29 is 22.4 Å². The molecule has 0 fully saturated rings. The van der Waals surface area contributed by atoms with Crippen LogP contribution in [-0.2, 0) is 6.42 Å². The molecule has 0 heterocycles. The Balaban J connectivity index is 2.54. The maximum absolute atomic E-state index is 14.8. The fourth-order valence-corrected chi connectivity index (χ4v) is 2.71. The highest BCUT2D eigenvalue weighted by Crippen LogP contribution is 2.31. The Bertz CT molecular complexity index is 1080. The van der Waals surface area contributed by atoms with Gasteiger partial charge in [-0.15, -0.1) is 6.42 Å². The van der Waals surface area contributed by atoms with E-state index in [1.165, 1.54) is 32.2 Å². The number of terminal acetylenes is 1. The number of nitrogens with one attached hydrogen (secondary N) is 2. The van der Waals surface area contributed by atoms with E-state index in [0.717, 1.165) is 18.3 Å². The molecule has 2 aromatic carbocycles. The zero-order chi connectivity index (χ0) is 22.4. The summed E-state index contributed by atoms with van der Waals surface area (Å²) in [5.41, 5.74) is 4.04. The van der Waals surface area contributed by atoms with Gasteiger partial charge in [0.2, 0.25) is 0 Å². The molecule has 8 heteroatoms. The first-order valence-corrected chi connectivity index (χ1v) is 8.75. The Morgan fingerprint density at radius 1 is 1.23 bits per heavy atom. The average molecular weight is 417 g/mol. The maximum atomic E-state index is 14.8. The number of benzene rings is 2. The highest BCUT2D eigenvalue weighted by Gasteiger charge is 2.23. The summed E-state index contributed by atoms with van der Waals surface area (Å²) in [6, 6.07) is 4.63. The third-order valence-corrected chi connectivity index (χ3v) is 4.25. The Morgan fingerprint density at radius 2 is 1.93 bits per heavy atom.